The number of hydrogen-bond acceptors (Lipinski definition) is 4. The van der Waals surface area contributed by atoms with E-state index in [2.05, 4.69) is 41.5 Å². The topological polar surface area (TPSA) is 69.6 Å². The first kappa shape index (κ1) is 13.3. The van der Waals surface area contributed by atoms with Gasteiger partial charge in [0.1, 0.15) is 0 Å². The van der Waals surface area contributed by atoms with E-state index in [1.54, 1.807) is 4.68 Å². The number of aromatic nitrogens is 4. The molecule has 0 aliphatic heterocycles. The Labute approximate surface area is 123 Å². The molecule has 0 spiro atoms. The smallest absolute Gasteiger partial charge is 0.187 e. The van der Waals surface area contributed by atoms with E-state index in [0.717, 1.165) is 28.3 Å². The summed E-state index contributed by atoms with van der Waals surface area (Å²) in [5, 5.41) is 12.1. The Bertz CT molecular complexity index is 804. The highest BCUT2D eigenvalue weighted by atomic mass is 15.5. The van der Waals surface area contributed by atoms with E-state index in [1.165, 1.54) is 11.1 Å². The van der Waals surface area contributed by atoms with Crippen LogP contribution in [0.3, 0.4) is 0 Å². The van der Waals surface area contributed by atoms with Gasteiger partial charge in [-0.05, 0) is 78.2 Å². The molecule has 0 aliphatic rings. The zero-order valence-corrected chi connectivity index (χ0v) is 12.3. The van der Waals surface area contributed by atoms with E-state index in [4.69, 9.17) is 5.73 Å². The van der Waals surface area contributed by atoms with Gasteiger partial charge in [0.15, 0.2) is 5.82 Å². The summed E-state index contributed by atoms with van der Waals surface area (Å²) in [5.74, 6) is 0.718. The van der Waals surface area contributed by atoms with Crippen LogP contribution in [0.1, 0.15) is 16.7 Å². The van der Waals surface area contributed by atoms with Crippen molar-refractivity contribution in [2.24, 2.45) is 0 Å². The zero-order chi connectivity index (χ0) is 15.0. The minimum absolute atomic E-state index is 0.718. The van der Waals surface area contributed by atoms with Crippen molar-refractivity contribution in [3.8, 4) is 17.1 Å². The van der Waals surface area contributed by atoms with Crippen molar-refractivity contribution >= 4 is 5.69 Å². The molecule has 1 heterocycles. The average Bonchev–Trinajstić information content (AvgIpc) is 2.91. The molecule has 0 saturated heterocycles. The molecule has 2 N–H and O–H groups in total. The molecular weight excluding hydrogens is 262 g/mol. The van der Waals surface area contributed by atoms with Gasteiger partial charge in [-0.2, -0.15) is 4.68 Å². The van der Waals surface area contributed by atoms with E-state index in [0.29, 0.717) is 0 Å². The Kier molecular flexibility index (Phi) is 3.17. The summed E-state index contributed by atoms with van der Waals surface area (Å²) >= 11 is 0. The standard InChI is InChI=1S/C16H17N5/c1-10-4-6-14(9-11(10)2)21-16(18-19-20-21)15-7-5-13(17)8-12(15)3/h4-9H,17H2,1-3H3. The molecule has 3 rings (SSSR count). The molecule has 5 nitrogen and oxygen atoms in total. The predicted octanol–water partition coefficient (Wildman–Crippen LogP) is 2.84. The van der Waals surface area contributed by atoms with Gasteiger partial charge in [-0.25, -0.2) is 0 Å². The third kappa shape index (κ3) is 2.38. The molecule has 0 unspecified atom stereocenters. The number of nitrogens with two attached hydrogens (primary N) is 1. The molecule has 1 aromatic heterocycles. The molecule has 21 heavy (non-hydrogen) atoms. The van der Waals surface area contributed by atoms with Gasteiger partial charge in [-0.3, -0.25) is 0 Å². The lowest BCUT2D eigenvalue weighted by atomic mass is 10.1. The molecule has 0 bridgehead atoms. The summed E-state index contributed by atoms with van der Waals surface area (Å²) in [5.41, 5.74) is 12.0. The monoisotopic (exact) mass is 279 g/mol. The van der Waals surface area contributed by atoms with Crippen molar-refractivity contribution in [2.75, 3.05) is 5.73 Å². The van der Waals surface area contributed by atoms with Crippen LogP contribution in [0.2, 0.25) is 0 Å². The number of rotatable bonds is 2. The number of nitrogen functional groups attached to an aromatic ring is 1. The number of hydrogen-bond donors (Lipinski definition) is 1. The fourth-order valence-electron chi connectivity index (χ4n) is 2.32. The van der Waals surface area contributed by atoms with Crippen LogP contribution in [-0.4, -0.2) is 20.2 Å². The largest absolute Gasteiger partial charge is 0.399 e. The third-order valence-electron chi connectivity index (χ3n) is 3.70. The van der Waals surface area contributed by atoms with Crippen molar-refractivity contribution in [3.05, 3.63) is 53.1 Å². The summed E-state index contributed by atoms with van der Waals surface area (Å²) < 4.78 is 1.75. The van der Waals surface area contributed by atoms with Gasteiger partial charge in [0, 0.05) is 11.3 Å². The van der Waals surface area contributed by atoms with Crippen LogP contribution in [0.4, 0.5) is 5.69 Å². The SMILES string of the molecule is Cc1ccc(-n2nnnc2-c2ccc(N)cc2C)cc1C. The maximum atomic E-state index is 5.81. The zero-order valence-electron chi connectivity index (χ0n) is 12.3. The van der Waals surface area contributed by atoms with Crippen molar-refractivity contribution in [1.29, 1.82) is 0 Å². The predicted molar refractivity (Wildman–Crippen MR) is 83.2 cm³/mol. The van der Waals surface area contributed by atoms with Crippen molar-refractivity contribution in [3.63, 3.8) is 0 Å². The maximum absolute atomic E-state index is 5.81. The van der Waals surface area contributed by atoms with Crippen LogP contribution in [0.15, 0.2) is 36.4 Å². The molecule has 0 fully saturated rings. The van der Waals surface area contributed by atoms with E-state index < -0.39 is 0 Å². The van der Waals surface area contributed by atoms with Gasteiger partial charge in [0.25, 0.3) is 0 Å². The highest BCUT2D eigenvalue weighted by Crippen LogP contribution is 2.25. The first-order valence-electron chi connectivity index (χ1n) is 6.79. The Morgan fingerprint density at radius 3 is 2.43 bits per heavy atom. The van der Waals surface area contributed by atoms with Gasteiger partial charge in [-0.15, -0.1) is 5.10 Å². The molecule has 0 atom stereocenters. The van der Waals surface area contributed by atoms with Crippen LogP contribution in [0.25, 0.3) is 17.1 Å². The summed E-state index contributed by atoms with van der Waals surface area (Å²) in [6, 6.07) is 11.9. The van der Waals surface area contributed by atoms with Crippen LogP contribution in [0, 0.1) is 20.8 Å². The summed E-state index contributed by atoms with van der Waals surface area (Å²) in [4.78, 5) is 0. The summed E-state index contributed by atoms with van der Waals surface area (Å²) in [6.45, 7) is 6.17. The quantitative estimate of drug-likeness (QED) is 0.732. The number of nitrogens with zero attached hydrogens (tertiary/aromatic N) is 4. The molecular formula is C16H17N5. The highest BCUT2D eigenvalue weighted by Gasteiger charge is 2.13. The minimum atomic E-state index is 0.718. The molecule has 0 saturated carbocycles. The second-order valence-corrected chi connectivity index (χ2v) is 5.26. The van der Waals surface area contributed by atoms with Crippen LogP contribution >= 0.6 is 0 Å². The fourth-order valence-corrected chi connectivity index (χ4v) is 2.32. The first-order valence-corrected chi connectivity index (χ1v) is 6.79. The van der Waals surface area contributed by atoms with Crippen LogP contribution in [0.5, 0.6) is 0 Å². The lowest BCUT2D eigenvalue weighted by molar-refractivity contribution is 0.790. The molecule has 0 radical (unpaired) electrons. The normalized spacial score (nSPS) is 10.8. The molecule has 3 aromatic rings. The third-order valence-corrected chi connectivity index (χ3v) is 3.70. The van der Waals surface area contributed by atoms with Crippen molar-refractivity contribution in [2.45, 2.75) is 20.8 Å². The molecule has 5 heteroatoms. The van der Waals surface area contributed by atoms with Gasteiger partial charge in [-0.1, -0.05) is 6.07 Å². The first-order chi connectivity index (χ1) is 10.1. The van der Waals surface area contributed by atoms with Crippen LogP contribution < -0.4 is 5.73 Å². The molecule has 2 aromatic carbocycles. The second kappa shape index (κ2) is 5.01. The summed E-state index contributed by atoms with van der Waals surface area (Å²) in [6.07, 6.45) is 0. The van der Waals surface area contributed by atoms with Gasteiger partial charge in [0.05, 0.1) is 5.69 Å². The minimum Gasteiger partial charge on any atom is -0.399 e. The molecule has 106 valence electrons. The lowest BCUT2D eigenvalue weighted by Gasteiger charge is -2.09. The van der Waals surface area contributed by atoms with Gasteiger partial charge >= 0.3 is 0 Å². The number of tetrazole rings is 1. The fraction of sp³-hybridized carbons (Fsp3) is 0.188. The van der Waals surface area contributed by atoms with E-state index in [-0.39, 0.29) is 0 Å². The number of aryl methyl sites for hydroxylation is 3. The number of anilines is 1. The van der Waals surface area contributed by atoms with Crippen molar-refractivity contribution < 1.29 is 0 Å². The highest BCUT2D eigenvalue weighted by molar-refractivity contribution is 5.65. The van der Waals surface area contributed by atoms with Crippen molar-refractivity contribution in [1.82, 2.24) is 20.2 Å². The van der Waals surface area contributed by atoms with E-state index >= 15 is 0 Å². The number of benzene rings is 2. The molecule has 0 amide bonds. The average molecular weight is 279 g/mol. The van der Waals surface area contributed by atoms with E-state index in [9.17, 15) is 0 Å². The Hall–Kier alpha value is -2.69. The lowest BCUT2D eigenvalue weighted by Crippen LogP contribution is -2.02. The Morgan fingerprint density at radius 2 is 1.71 bits per heavy atom. The van der Waals surface area contributed by atoms with Crippen LogP contribution in [-0.2, 0) is 0 Å². The summed E-state index contributed by atoms with van der Waals surface area (Å²) in [7, 11) is 0. The van der Waals surface area contributed by atoms with E-state index in [1.807, 2.05) is 31.2 Å². The second-order valence-electron chi connectivity index (χ2n) is 5.26. The molecule has 0 aliphatic carbocycles. The Morgan fingerprint density at radius 1 is 0.905 bits per heavy atom. The Balaban J connectivity index is 2.14. The van der Waals surface area contributed by atoms with Gasteiger partial charge in [0.2, 0.25) is 0 Å². The van der Waals surface area contributed by atoms with Gasteiger partial charge < -0.3 is 5.73 Å². The maximum Gasteiger partial charge on any atom is 0.187 e.